The molecular formula is C16H25NO3. The molecule has 0 atom stereocenters. The van der Waals surface area contributed by atoms with Crippen molar-refractivity contribution in [2.75, 3.05) is 38.8 Å². The third kappa shape index (κ3) is 6.68. The minimum Gasteiger partial charge on any atom is -0.385 e. The lowest BCUT2D eigenvalue weighted by atomic mass is 10.1. The van der Waals surface area contributed by atoms with Gasteiger partial charge in [0.05, 0.1) is 13.2 Å². The van der Waals surface area contributed by atoms with E-state index in [4.69, 9.17) is 9.47 Å². The molecule has 0 saturated carbocycles. The quantitative estimate of drug-likeness (QED) is 0.499. The molecule has 0 fully saturated rings. The van der Waals surface area contributed by atoms with Crippen LogP contribution in [-0.4, -0.2) is 39.3 Å². The number of carbonyl (C=O) groups is 1. The number of hydrogen-bond acceptors (Lipinski definition) is 4. The third-order valence-corrected chi connectivity index (χ3v) is 3.00. The van der Waals surface area contributed by atoms with Crippen LogP contribution in [0.4, 0.5) is 5.69 Å². The van der Waals surface area contributed by atoms with Crippen molar-refractivity contribution < 1.29 is 14.3 Å². The highest BCUT2D eigenvalue weighted by Crippen LogP contribution is 2.11. The topological polar surface area (TPSA) is 47.6 Å². The summed E-state index contributed by atoms with van der Waals surface area (Å²) in [7, 11) is 1.67. The van der Waals surface area contributed by atoms with Crippen LogP contribution in [0.25, 0.3) is 0 Å². The molecule has 0 aliphatic rings. The Morgan fingerprint density at radius 2 is 1.85 bits per heavy atom. The van der Waals surface area contributed by atoms with Crippen molar-refractivity contribution in [3.63, 3.8) is 0 Å². The number of methoxy groups -OCH3 is 1. The molecular weight excluding hydrogens is 254 g/mol. The molecule has 0 spiro atoms. The van der Waals surface area contributed by atoms with E-state index < -0.39 is 0 Å². The van der Waals surface area contributed by atoms with E-state index in [1.54, 1.807) is 7.11 Å². The zero-order valence-electron chi connectivity index (χ0n) is 12.5. The maximum atomic E-state index is 11.5. The van der Waals surface area contributed by atoms with Gasteiger partial charge in [-0.1, -0.05) is 6.92 Å². The first kappa shape index (κ1) is 16.7. The van der Waals surface area contributed by atoms with E-state index >= 15 is 0 Å². The lowest BCUT2D eigenvalue weighted by molar-refractivity contribution is 0.0691. The maximum absolute atomic E-state index is 11.5. The Morgan fingerprint density at radius 1 is 1.10 bits per heavy atom. The Morgan fingerprint density at radius 3 is 2.50 bits per heavy atom. The molecule has 0 aromatic heterocycles. The number of ketones is 1. The molecule has 0 saturated heterocycles. The number of anilines is 1. The molecule has 0 aliphatic heterocycles. The van der Waals surface area contributed by atoms with Gasteiger partial charge in [0.25, 0.3) is 0 Å². The van der Waals surface area contributed by atoms with E-state index in [-0.39, 0.29) is 5.78 Å². The molecule has 0 aliphatic carbocycles. The van der Waals surface area contributed by atoms with Crippen molar-refractivity contribution in [2.45, 2.75) is 26.2 Å². The third-order valence-electron chi connectivity index (χ3n) is 3.00. The number of Topliss-reactive ketones (excluding diaryl/α,β-unsaturated/α-hetero) is 1. The Labute approximate surface area is 121 Å². The van der Waals surface area contributed by atoms with Crippen molar-refractivity contribution in [2.24, 2.45) is 0 Å². The summed E-state index contributed by atoms with van der Waals surface area (Å²) < 4.78 is 10.3. The van der Waals surface area contributed by atoms with Crippen LogP contribution in [0.3, 0.4) is 0 Å². The molecule has 4 nitrogen and oxygen atoms in total. The molecule has 0 amide bonds. The van der Waals surface area contributed by atoms with Crippen LogP contribution in [0.15, 0.2) is 24.3 Å². The molecule has 1 aromatic rings. The fourth-order valence-corrected chi connectivity index (χ4v) is 1.78. The van der Waals surface area contributed by atoms with Gasteiger partial charge in [-0.3, -0.25) is 4.79 Å². The number of carbonyl (C=O) groups excluding carboxylic acids is 1. The summed E-state index contributed by atoms with van der Waals surface area (Å²) in [5, 5.41) is 3.34. The van der Waals surface area contributed by atoms with Crippen molar-refractivity contribution in [3.8, 4) is 0 Å². The zero-order valence-corrected chi connectivity index (χ0v) is 12.5. The smallest absolute Gasteiger partial charge is 0.162 e. The second-order valence-electron chi connectivity index (χ2n) is 4.59. The largest absolute Gasteiger partial charge is 0.385 e. The van der Waals surface area contributed by atoms with Gasteiger partial charge in [-0.05, 0) is 37.1 Å². The molecule has 0 unspecified atom stereocenters. The number of nitrogens with one attached hydrogen (secondary N) is 1. The molecule has 112 valence electrons. The van der Waals surface area contributed by atoms with E-state index in [0.717, 1.165) is 37.2 Å². The average molecular weight is 279 g/mol. The second kappa shape index (κ2) is 10.4. The minimum atomic E-state index is 0.185. The molecule has 1 aromatic carbocycles. The molecule has 0 bridgehead atoms. The van der Waals surface area contributed by atoms with Crippen LogP contribution >= 0.6 is 0 Å². The fraction of sp³-hybridized carbons (Fsp3) is 0.562. The van der Waals surface area contributed by atoms with Gasteiger partial charge in [-0.15, -0.1) is 0 Å². The summed E-state index contributed by atoms with van der Waals surface area (Å²) in [5.74, 6) is 0.185. The van der Waals surface area contributed by atoms with E-state index in [2.05, 4.69) is 5.32 Å². The zero-order chi connectivity index (χ0) is 14.6. The van der Waals surface area contributed by atoms with Crippen molar-refractivity contribution in [1.29, 1.82) is 0 Å². The minimum absolute atomic E-state index is 0.185. The Kier molecular flexibility index (Phi) is 8.67. The van der Waals surface area contributed by atoms with E-state index in [0.29, 0.717) is 19.6 Å². The number of unbranched alkanes of at least 4 members (excludes halogenated alkanes) is 1. The van der Waals surface area contributed by atoms with Crippen LogP contribution in [0.5, 0.6) is 0 Å². The summed E-state index contributed by atoms with van der Waals surface area (Å²) in [6, 6.07) is 7.67. The molecule has 1 rings (SSSR count). The summed E-state index contributed by atoms with van der Waals surface area (Å²) in [6.45, 7) is 4.88. The van der Waals surface area contributed by atoms with Crippen LogP contribution < -0.4 is 5.32 Å². The van der Waals surface area contributed by atoms with Crippen LogP contribution in [0.2, 0.25) is 0 Å². The molecule has 0 radical (unpaired) electrons. The molecule has 4 heteroatoms. The normalized spacial score (nSPS) is 10.5. The number of benzene rings is 1. The Balaban J connectivity index is 2.11. The van der Waals surface area contributed by atoms with Gasteiger partial charge in [0, 0.05) is 37.9 Å². The fourth-order valence-electron chi connectivity index (χ4n) is 1.78. The van der Waals surface area contributed by atoms with Gasteiger partial charge >= 0.3 is 0 Å². The lowest BCUT2D eigenvalue weighted by Gasteiger charge is -2.07. The summed E-state index contributed by atoms with van der Waals surface area (Å²) >= 11 is 0. The number of ether oxygens (including phenoxy) is 2. The maximum Gasteiger partial charge on any atom is 0.162 e. The molecule has 0 heterocycles. The van der Waals surface area contributed by atoms with Crippen LogP contribution in [0.1, 0.15) is 36.5 Å². The van der Waals surface area contributed by atoms with Gasteiger partial charge < -0.3 is 14.8 Å². The summed E-state index contributed by atoms with van der Waals surface area (Å²) in [6.07, 6.45) is 2.64. The van der Waals surface area contributed by atoms with Crippen molar-refractivity contribution >= 4 is 11.5 Å². The van der Waals surface area contributed by atoms with Gasteiger partial charge in [0.1, 0.15) is 0 Å². The monoisotopic (exact) mass is 279 g/mol. The highest BCUT2D eigenvalue weighted by Gasteiger charge is 2.01. The first-order valence-corrected chi connectivity index (χ1v) is 7.21. The van der Waals surface area contributed by atoms with E-state index in [1.807, 2.05) is 31.2 Å². The Bertz CT molecular complexity index is 376. The van der Waals surface area contributed by atoms with Crippen molar-refractivity contribution in [3.05, 3.63) is 29.8 Å². The summed E-state index contributed by atoms with van der Waals surface area (Å²) in [4.78, 5) is 11.5. The van der Waals surface area contributed by atoms with E-state index in [9.17, 15) is 4.79 Å². The average Bonchev–Trinajstić information content (AvgIpc) is 2.50. The predicted octanol–water partition coefficient (Wildman–Crippen LogP) is 3.13. The van der Waals surface area contributed by atoms with Gasteiger partial charge in [-0.2, -0.15) is 0 Å². The number of rotatable bonds is 11. The van der Waals surface area contributed by atoms with Gasteiger partial charge in [0.2, 0.25) is 0 Å². The lowest BCUT2D eigenvalue weighted by Crippen LogP contribution is -2.06. The first-order valence-electron chi connectivity index (χ1n) is 7.21. The SMILES string of the molecule is CCC(=O)c1ccc(NCCCCOCCOC)cc1. The summed E-state index contributed by atoms with van der Waals surface area (Å²) in [5.41, 5.74) is 1.84. The van der Waals surface area contributed by atoms with Crippen LogP contribution in [0, 0.1) is 0 Å². The highest BCUT2D eigenvalue weighted by atomic mass is 16.5. The Hall–Kier alpha value is -1.39. The molecule has 20 heavy (non-hydrogen) atoms. The van der Waals surface area contributed by atoms with Gasteiger partial charge in [-0.25, -0.2) is 0 Å². The van der Waals surface area contributed by atoms with E-state index in [1.165, 1.54) is 0 Å². The number of hydrogen-bond donors (Lipinski definition) is 1. The first-order chi connectivity index (χ1) is 9.77. The highest BCUT2D eigenvalue weighted by molar-refractivity contribution is 5.96. The second-order valence-corrected chi connectivity index (χ2v) is 4.59. The predicted molar refractivity (Wildman–Crippen MR) is 81.5 cm³/mol. The van der Waals surface area contributed by atoms with Gasteiger partial charge in [0.15, 0.2) is 5.78 Å². The van der Waals surface area contributed by atoms with Crippen LogP contribution in [-0.2, 0) is 9.47 Å². The standard InChI is InChI=1S/C16H25NO3/c1-3-16(18)14-6-8-15(9-7-14)17-10-4-5-11-20-13-12-19-2/h6-9,17H,3-5,10-13H2,1-2H3. The molecule has 1 N–H and O–H groups in total. The van der Waals surface area contributed by atoms with Crippen molar-refractivity contribution in [1.82, 2.24) is 0 Å².